The van der Waals surface area contributed by atoms with Crippen molar-refractivity contribution in [3.8, 4) is 5.75 Å². The largest absolute Gasteiger partial charge is 0.493 e. The smallest absolute Gasteiger partial charge is 0.123 e. The molecule has 0 radical (unpaired) electrons. The minimum Gasteiger partial charge on any atom is -0.493 e. The Morgan fingerprint density at radius 2 is 2.25 bits per heavy atom. The van der Waals surface area contributed by atoms with Gasteiger partial charge in [-0.3, -0.25) is 0 Å². The molecule has 1 aromatic rings. The quantitative estimate of drug-likeness (QED) is 0.678. The van der Waals surface area contributed by atoms with E-state index >= 15 is 0 Å². The Kier molecular flexibility index (Phi) is 4.21. The van der Waals surface area contributed by atoms with Crippen molar-refractivity contribution in [3.05, 3.63) is 29.3 Å². The van der Waals surface area contributed by atoms with Crippen LogP contribution in [0.15, 0.2) is 23.4 Å². The summed E-state index contributed by atoms with van der Waals surface area (Å²) in [6.45, 7) is 1.58. The minimum absolute atomic E-state index is 0.365. The Labute approximate surface area is 119 Å². The maximum Gasteiger partial charge on any atom is 0.123 e. The number of fused-ring (bicyclic) bond motifs is 1. The summed E-state index contributed by atoms with van der Waals surface area (Å²) in [5.74, 6) is 0.932. The summed E-state index contributed by atoms with van der Waals surface area (Å²) in [5, 5.41) is 12.5. The lowest BCUT2D eigenvalue weighted by Gasteiger charge is -2.20. The molecule has 108 valence electrons. The first kappa shape index (κ1) is 13.4. The first-order valence-corrected chi connectivity index (χ1v) is 7.46. The molecular weight excluding hydrogens is 254 g/mol. The molecule has 2 aliphatic rings. The lowest BCUT2D eigenvalue weighted by molar-refractivity contribution is 0.0902. The molecule has 1 heterocycles. The van der Waals surface area contributed by atoms with Crippen molar-refractivity contribution in [1.29, 1.82) is 0 Å². The van der Waals surface area contributed by atoms with Gasteiger partial charge < -0.3 is 14.7 Å². The van der Waals surface area contributed by atoms with Crippen molar-refractivity contribution >= 4 is 5.71 Å². The van der Waals surface area contributed by atoms with Gasteiger partial charge in [0.15, 0.2) is 0 Å². The number of oxime groups is 1. The van der Waals surface area contributed by atoms with E-state index in [9.17, 15) is 0 Å². The van der Waals surface area contributed by atoms with Gasteiger partial charge in [0.05, 0.1) is 18.4 Å². The Bertz CT molecular complexity index is 492. The van der Waals surface area contributed by atoms with Crippen LogP contribution in [0.5, 0.6) is 5.75 Å². The lowest BCUT2D eigenvalue weighted by atomic mass is 9.89. The fraction of sp³-hybridized carbons (Fsp3) is 0.562. The second-order valence-electron chi connectivity index (χ2n) is 5.45. The van der Waals surface area contributed by atoms with Crippen LogP contribution in [0, 0.1) is 0 Å². The molecule has 0 aromatic heterocycles. The first-order chi connectivity index (χ1) is 9.88. The second kappa shape index (κ2) is 6.27. The van der Waals surface area contributed by atoms with E-state index in [0.717, 1.165) is 55.7 Å². The molecule has 3 rings (SSSR count). The van der Waals surface area contributed by atoms with Gasteiger partial charge in [0.25, 0.3) is 0 Å². The predicted molar refractivity (Wildman–Crippen MR) is 76.8 cm³/mol. The maximum atomic E-state index is 9.08. The molecule has 0 saturated carbocycles. The summed E-state index contributed by atoms with van der Waals surface area (Å²) in [6.07, 6.45) is 6.47. The van der Waals surface area contributed by atoms with E-state index in [-0.39, 0.29) is 0 Å². The van der Waals surface area contributed by atoms with E-state index in [2.05, 4.69) is 5.16 Å². The van der Waals surface area contributed by atoms with Crippen molar-refractivity contribution in [3.63, 3.8) is 0 Å². The Morgan fingerprint density at radius 1 is 1.30 bits per heavy atom. The molecule has 4 heteroatoms. The molecule has 0 amide bonds. The topological polar surface area (TPSA) is 51.1 Å². The van der Waals surface area contributed by atoms with Gasteiger partial charge in [-0.05, 0) is 38.2 Å². The number of ether oxygens (including phenoxy) is 2. The molecule has 1 unspecified atom stereocenters. The third-order valence-electron chi connectivity index (χ3n) is 4.13. The summed E-state index contributed by atoms with van der Waals surface area (Å²) in [7, 11) is 0. The zero-order valence-corrected chi connectivity index (χ0v) is 11.7. The average Bonchev–Trinajstić information content (AvgIpc) is 3.00. The van der Waals surface area contributed by atoms with E-state index < -0.39 is 0 Å². The van der Waals surface area contributed by atoms with E-state index in [1.54, 1.807) is 0 Å². The zero-order chi connectivity index (χ0) is 13.8. The third-order valence-corrected chi connectivity index (χ3v) is 4.13. The van der Waals surface area contributed by atoms with Crippen LogP contribution in [-0.2, 0) is 11.2 Å². The van der Waals surface area contributed by atoms with Gasteiger partial charge in [-0.25, -0.2) is 0 Å². The van der Waals surface area contributed by atoms with Crippen LogP contribution >= 0.6 is 0 Å². The molecule has 20 heavy (non-hydrogen) atoms. The Balaban J connectivity index is 1.67. The highest BCUT2D eigenvalue weighted by atomic mass is 16.5. The van der Waals surface area contributed by atoms with Crippen LogP contribution < -0.4 is 4.74 Å². The molecule has 1 fully saturated rings. The van der Waals surface area contributed by atoms with Gasteiger partial charge in [0.2, 0.25) is 0 Å². The van der Waals surface area contributed by atoms with Crippen molar-refractivity contribution in [2.75, 3.05) is 13.2 Å². The fourth-order valence-corrected chi connectivity index (χ4v) is 3.07. The predicted octanol–water partition coefficient (Wildman–Crippen LogP) is 3.15. The van der Waals surface area contributed by atoms with Crippen LogP contribution in [0.1, 0.15) is 43.2 Å². The van der Waals surface area contributed by atoms with Crippen molar-refractivity contribution in [2.45, 2.75) is 44.6 Å². The van der Waals surface area contributed by atoms with Crippen molar-refractivity contribution in [2.24, 2.45) is 5.16 Å². The third kappa shape index (κ3) is 2.80. The number of nitrogens with zero attached hydrogens (tertiary/aromatic N) is 1. The van der Waals surface area contributed by atoms with Gasteiger partial charge in [-0.2, -0.15) is 0 Å². The highest BCUT2D eigenvalue weighted by Gasteiger charge is 2.20. The molecule has 0 spiro atoms. The van der Waals surface area contributed by atoms with E-state index in [1.165, 1.54) is 12.0 Å². The summed E-state index contributed by atoms with van der Waals surface area (Å²) in [4.78, 5) is 0. The summed E-state index contributed by atoms with van der Waals surface area (Å²) >= 11 is 0. The van der Waals surface area contributed by atoms with Crippen LogP contribution in [0.25, 0.3) is 0 Å². The molecule has 1 aliphatic heterocycles. The van der Waals surface area contributed by atoms with Crippen LogP contribution in [0.4, 0.5) is 0 Å². The summed E-state index contributed by atoms with van der Waals surface area (Å²) in [6, 6.07) is 5.99. The summed E-state index contributed by atoms with van der Waals surface area (Å²) in [5.41, 5.74) is 2.99. The highest BCUT2D eigenvalue weighted by Crippen LogP contribution is 2.30. The van der Waals surface area contributed by atoms with Crippen molar-refractivity contribution < 1.29 is 14.7 Å². The van der Waals surface area contributed by atoms with Crippen molar-refractivity contribution in [1.82, 2.24) is 0 Å². The Morgan fingerprint density at radius 3 is 3.05 bits per heavy atom. The maximum absolute atomic E-state index is 9.08. The van der Waals surface area contributed by atoms with E-state index in [0.29, 0.717) is 12.7 Å². The number of hydrogen-bond acceptors (Lipinski definition) is 4. The fourth-order valence-electron chi connectivity index (χ4n) is 3.07. The van der Waals surface area contributed by atoms with Crippen LogP contribution in [-0.4, -0.2) is 30.2 Å². The lowest BCUT2D eigenvalue weighted by Crippen LogP contribution is -2.15. The standard InChI is InChI=1S/C16H21NO3/c18-17-15-7-1-6-14-13(15)5-2-8-16(14)20-11-9-12-4-3-10-19-12/h2,5,8,12,18H,1,3-4,6-7,9-11H2. The van der Waals surface area contributed by atoms with E-state index in [4.69, 9.17) is 14.7 Å². The highest BCUT2D eigenvalue weighted by molar-refractivity contribution is 6.02. The summed E-state index contributed by atoms with van der Waals surface area (Å²) < 4.78 is 11.5. The molecule has 4 nitrogen and oxygen atoms in total. The molecule has 0 bridgehead atoms. The number of hydrogen-bond donors (Lipinski definition) is 1. The molecule has 1 aromatic carbocycles. The minimum atomic E-state index is 0.365. The van der Waals surface area contributed by atoms with Crippen LogP contribution in [0.3, 0.4) is 0 Å². The van der Waals surface area contributed by atoms with Gasteiger partial charge in [-0.1, -0.05) is 17.3 Å². The molecule has 1 saturated heterocycles. The van der Waals surface area contributed by atoms with Crippen LogP contribution in [0.2, 0.25) is 0 Å². The molecule has 1 aliphatic carbocycles. The zero-order valence-electron chi connectivity index (χ0n) is 11.7. The van der Waals surface area contributed by atoms with Gasteiger partial charge in [0, 0.05) is 24.2 Å². The monoisotopic (exact) mass is 275 g/mol. The molecular formula is C16H21NO3. The average molecular weight is 275 g/mol. The number of benzene rings is 1. The van der Waals surface area contributed by atoms with Gasteiger partial charge in [0.1, 0.15) is 5.75 Å². The van der Waals surface area contributed by atoms with Gasteiger partial charge >= 0.3 is 0 Å². The molecule has 1 N–H and O–H groups in total. The van der Waals surface area contributed by atoms with E-state index in [1.807, 2.05) is 18.2 Å². The number of rotatable bonds is 4. The van der Waals surface area contributed by atoms with Gasteiger partial charge in [-0.15, -0.1) is 0 Å². The SMILES string of the molecule is ON=C1CCCc2c(OCCC3CCCO3)cccc21. The molecule has 1 atom stereocenters. The normalized spacial score (nSPS) is 23.8. The first-order valence-electron chi connectivity index (χ1n) is 7.46. The Hall–Kier alpha value is -1.55. The second-order valence-corrected chi connectivity index (χ2v) is 5.45.